The van der Waals surface area contributed by atoms with Gasteiger partial charge in [-0.25, -0.2) is 0 Å². The first-order chi connectivity index (χ1) is 10.9. The van der Waals surface area contributed by atoms with Crippen molar-refractivity contribution < 1.29 is 0 Å². The fourth-order valence-electron chi connectivity index (χ4n) is 3.52. The molecule has 1 heterocycles. The van der Waals surface area contributed by atoms with Crippen LogP contribution in [0.5, 0.6) is 0 Å². The van der Waals surface area contributed by atoms with Crippen molar-refractivity contribution in [2.24, 2.45) is 5.92 Å². The highest BCUT2D eigenvalue weighted by molar-refractivity contribution is 4.72. The summed E-state index contributed by atoms with van der Waals surface area (Å²) in [5, 5.41) is 3.67. The largest absolute Gasteiger partial charge is 0.317 e. The lowest BCUT2D eigenvalue weighted by Gasteiger charge is -2.31. The average Bonchev–Trinajstić information content (AvgIpc) is 2.56. The van der Waals surface area contributed by atoms with E-state index in [1.165, 1.54) is 110 Å². The minimum atomic E-state index is 0.986. The van der Waals surface area contributed by atoms with Crippen LogP contribution in [-0.2, 0) is 0 Å². The molecule has 2 nitrogen and oxygen atoms in total. The van der Waals surface area contributed by atoms with E-state index >= 15 is 0 Å². The molecule has 1 fully saturated rings. The Bertz CT molecular complexity index is 222. The van der Waals surface area contributed by atoms with Gasteiger partial charge in [0.15, 0.2) is 0 Å². The van der Waals surface area contributed by atoms with Crippen molar-refractivity contribution >= 4 is 0 Å². The third kappa shape index (κ3) is 10.6. The Hall–Kier alpha value is -0.0800. The van der Waals surface area contributed by atoms with E-state index in [-0.39, 0.29) is 0 Å². The molecule has 0 unspecified atom stereocenters. The van der Waals surface area contributed by atoms with E-state index in [2.05, 4.69) is 24.1 Å². The highest BCUT2D eigenvalue weighted by Gasteiger charge is 2.17. The Morgan fingerprint density at radius 1 is 0.773 bits per heavy atom. The summed E-state index contributed by atoms with van der Waals surface area (Å²) in [6.45, 7) is 11.1. The molecule has 0 saturated carbocycles. The Kier molecular flexibility index (Phi) is 13.2. The SMILES string of the molecule is CCCCCCCCCNCCC1CCN(CCCC)CC1. The number of nitrogens with zero attached hydrogens (tertiary/aromatic N) is 1. The summed E-state index contributed by atoms with van der Waals surface area (Å²) in [6.07, 6.45) is 16.9. The highest BCUT2D eigenvalue weighted by atomic mass is 15.1. The summed E-state index contributed by atoms with van der Waals surface area (Å²) in [4.78, 5) is 2.67. The third-order valence-corrected chi connectivity index (χ3v) is 5.22. The summed E-state index contributed by atoms with van der Waals surface area (Å²) in [5.41, 5.74) is 0. The van der Waals surface area contributed by atoms with Crippen molar-refractivity contribution in [1.82, 2.24) is 10.2 Å². The van der Waals surface area contributed by atoms with Crippen molar-refractivity contribution in [3.05, 3.63) is 0 Å². The molecule has 0 radical (unpaired) electrons. The van der Waals surface area contributed by atoms with Gasteiger partial charge in [0, 0.05) is 0 Å². The third-order valence-electron chi connectivity index (χ3n) is 5.22. The number of likely N-dealkylation sites (tertiary alicyclic amines) is 1. The molecule has 1 saturated heterocycles. The summed E-state index contributed by atoms with van der Waals surface area (Å²) in [5.74, 6) is 0.986. The normalized spacial score (nSPS) is 17.2. The topological polar surface area (TPSA) is 15.3 Å². The van der Waals surface area contributed by atoms with Crippen molar-refractivity contribution in [3.63, 3.8) is 0 Å². The van der Waals surface area contributed by atoms with Crippen molar-refractivity contribution in [1.29, 1.82) is 0 Å². The second-order valence-electron chi connectivity index (χ2n) is 7.30. The zero-order valence-corrected chi connectivity index (χ0v) is 15.5. The predicted octanol–water partition coefficient (Wildman–Crippen LogP) is 5.23. The van der Waals surface area contributed by atoms with Crippen LogP contribution in [0.2, 0.25) is 0 Å². The van der Waals surface area contributed by atoms with Crippen LogP contribution in [0, 0.1) is 5.92 Å². The van der Waals surface area contributed by atoms with Gasteiger partial charge >= 0.3 is 0 Å². The highest BCUT2D eigenvalue weighted by Crippen LogP contribution is 2.20. The minimum absolute atomic E-state index is 0.986. The fraction of sp³-hybridized carbons (Fsp3) is 1.00. The van der Waals surface area contributed by atoms with Gasteiger partial charge in [0.2, 0.25) is 0 Å². The number of nitrogens with one attached hydrogen (secondary N) is 1. The van der Waals surface area contributed by atoms with Crippen LogP contribution in [0.25, 0.3) is 0 Å². The van der Waals surface area contributed by atoms with Crippen LogP contribution in [0.15, 0.2) is 0 Å². The molecule has 1 rings (SSSR count). The first-order valence-electron chi connectivity index (χ1n) is 10.3. The Labute approximate surface area is 140 Å². The van der Waals surface area contributed by atoms with Crippen LogP contribution in [-0.4, -0.2) is 37.6 Å². The van der Waals surface area contributed by atoms with E-state index in [4.69, 9.17) is 0 Å². The molecule has 1 N–H and O–H groups in total. The van der Waals surface area contributed by atoms with Crippen LogP contribution in [0.4, 0.5) is 0 Å². The summed E-state index contributed by atoms with van der Waals surface area (Å²) >= 11 is 0. The van der Waals surface area contributed by atoms with Crippen LogP contribution < -0.4 is 5.32 Å². The number of unbranched alkanes of at least 4 members (excludes halogenated alkanes) is 7. The lowest BCUT2D eigenvalue weighted by Crippen LogP contribution is -2.35. The molecule has 0 amide bonds. The van der Waals surface area contributed by atoms with E-state index in [1.807, 2.05) is 0 Å². The van der Waals surface area contributed by atoms with Crippen LogP contribution in [0.1, 0.15) is 90.9 Å². The van der Waals surface area contributed by atoms with Gasteiger partial charge in [-0.15, -0.1) is 0 Å². The van der Waals surface area contributed by atoms with Gasteiger partial charge in [-0.1, -0.05) is 58.8 Å². The van der Waals surface area contributed by atoms with Gasteiger partial charge in [0.25, 0.3) is 0 Å². The minimum Gasteiger partial charge on any atom is -0.317 e. The van der Waals surface area contributed by atoms with Gasteiger partial charge in [-0.2, -0.15) is 0 Å². The number of piperidine rings is 1. The van der Waals surface area contributed by atoms with Crippen LogP contribution >= 0.6 is 0 Å². The average molecular weight is 311 g/mol. The quantitative estimate of drug-likeness (QED) is 0.442. The van der Waals surface area contributed by atoms with Crippen molar-refractivity contribution in [2.45, 2.75) is 90.9 Å². The Balaban J connectivity index is 1.82. The molecule has 0 aromatic carbocycles. The first kappa shape index (κ1) is 20.0. The standard InChI is InChI=1S/C20H42N2/c1-3-5-7-8-9-10-11-15-21-16-12-20-13-18-22(19-14-20)17-6-4-2/h20-21H,3-19H2,1-2H3. The van der Waals surface area contributed by atoms with Gasteiger partial charge < -0.3 is 10.2 Å². The second kappa shape index (κ2) is 14.5. The molecule has 1 aliphatic rings. The van der Waals surface area contributed by atoms with E-state index in [9.17, 15) is 0 Å². The number of rotatable bonds is 14. The van der Waals surface area contributed by atoms with Crippen molar-refractivity contribution in [2.75, 3.05) is 32.7 Å². The zero-order valence-electron chi connectivity index (χ0n) is 15.5. The van der Waals surface area contributed by atoms with Gasteiger partial charge in [-0.3, -0.25) is 0 Å². The first-order valence-corrected chi connectivity index (χ1v) is 10.3. The van der Waals surface area contributed by atoms with E-state index in [1.54, 1.807) is 0 Å². The molecule has 1 aliphatic heterocycles. The predicted molar refractivity (Wildman–Crippen MR) is 99.6 cm³/mol. The number of hydrogen-bond acceptors (Lipinski definition) is 2. The summed E-state index contributed by atoms with van der Waals surface area (Å²) < 4.78 is 0. The smallest absolute Gasteiger partial charge is 0.00161 e. The fourth-order valence-corrected chi connectivity index (χ4v) is 3.52. The summed E-state index contributed by atoms with van der Waals surface area (Å²) in [7, 11) is 0. The zero-order chi connectivity index (χ0) is 15.9. The van der Waals surface area contributed by atoms with Crippen molar-refractivity contribution in [3.8, 4) is 0 Å². The summed E-state index contributed by atoms with van der Waals surface area (Å²) in [6, 6.07) is 0. The maximum Gasteiger partial charge on any atom is -0.00161 e. The maximum atomic E-state index is 3.67. The number of hydrogen-bond donors (Lipinski definition) is 1. The molecule has 22 heavy (non-hydrogen) atoms. The Morgan fingerprint density at radius 3 is 2.09 bits per heavy atom. The molecular formula is C20H42N2. The molecule has 0 bridgehead atoms. The monoisotopic (exact) mass is 310 g/mol. The van der Waals surface area contributed by atoms with E-state index in [0.717, 1.165) is 5.92 Å². The lowest BCUT2D eigenvalue weighted by molar-refractivity contribution is 0.177. The Morgan fingerprint density at radius 2 is 1.41 bits per heavy atom. The molecule has 0 aliphatic carbocycles. The molecular weight excluding hydrogens is 268 g/mol. The maximum absolute atomic E-state index is 3.67. The molecule has 2 heteroatoms. The molecule has 132 valence electrons. The molecule has 0 spiro atoms. The van der Waals surface area contributed by atoms with Crippen LogP contribution in [0.3, 0.4) is 0 Å². The molecule has 0 atom stereocenters. The molecule has 0 aromatic heterocycles. The van der Waals surface area contributed by atoms with Gasteiger partial charge in [-0.05, 0) is 70.7 Å². The van der Waals surface area contributed by atoms with Gasteiger partial charge in [0.05, 0.1) is 0 Å². The van der Waals surface area contributed by atoms with Gasteiger partial charge in [0.1, 0.15) is 0 Å². The van der Waals surface area contributed by atoms with E-state index < -0.39 is 0 Å². The molecule has 0 aromatic rings. The second-order valence-corrected chi connectivity index (χ2v) is 7.30. The lowest BCUT2D eigenvalue weighted by atomic mass is 9.93. The van der Waals surface area contributed by atoms with E-state index in [0.29, 0.717) is 0 Å².